The summed E-state index contributed by atoms with van der Waals surface area (Å²) in [6.45, 7) is 8.12. The van der Waals surface area contributed by atoms with E-state index < -0.39 is 0 Å². The van der Waals surface area contributed by atoms with Crippen molar-refractivity contribution in [1.82, 2.24) is 0 Å². The minimum absolute atomic E-state index is 0.206. The topological polar surface area (TPSA) is 29.5 Å². The molecule has 0 saturated carbocycles. The molecule has 2 heteroatoms. The van der Waals surface area contributed by atoms with Crippen LogP contribution in [0.5, 0.6) is 0 Å². The lowest BCUT2D eigenvalue weighted by Crippen LogP contribution is -2.23. The number of hydrogen-bond donors (Lipinski definition) is 1. The molecule has 0 fully saturated rings. The van der Waals surface area contributed by atoms with Crippen molar-refractivity contribution < 1.29 is 10.1 Å². The maximum absolute atomic E-state index is 8.57. The first-order valence-corrected chi connectivity index (χ1v) is 4.32. The van der Waals surface area contributed by atoms with Gasteiger partial charge in [-0.05, 0) is 23.8 Å². The maximum atomic E-state index is 8.57. The molecule has 1 N–H and O–H groups in total. The fourth-order valence-electron chi connectivity index (χ4n) is 1.44. The van der Waals surface area contributed by atoms with E-state index in [-0.39, 0.29) is 6.10 Å². The van der Waals surface area contributed by atoms with Crippen LogP contribution in [0.1, 0.15) is 20.3 Å². The smallest absolute Gasteiger partial charge is 0.118 e. The summed E-state index contributed by atoms with van der Waals surface area (Å²) in [6.07, 6.45) is 4.71. The van der Waals surface area contributed by atoms with Crippen LogP contribution in [0.15, 0.2) is 24.3 Å². The molecule has 0 aromatic carbocycles. The van der Waals surface area contributed by atoms with E-state index in [2.05, 4.69) is 31.4 Å². The molecule has 2 atom stereocenters. The van der Waals surface area contributed by atoms with Crippen molar-refractivity contribution in [3.05, 3.63) is 24.3 Å². The van der Waals surface area contributed by atoms with Gasteiger partial charge in [0.15, 0.2) is 0 Å². The Balaban J connectivity index is 2.64. The molecular formula is C10H16O2. The molecule has 2 nitrogen and oxygen atoms in total. The van der Waals surface area contributed by atoms with Crippen molar-refractivity contribution in [2.75, 3.05) is 0 Å². The van der Waals surface area contributed by atoms with Gasteiger partial charge in [0.25, 0.3) is 0 Å². The van der Waals surface area contributed by atoms with E-state index in [0.717, 1.165) is 12.0 Å². The third-order valence-corrected chi connectivity index (χ3v) is 2.44. The zero-order chi connectivity index (χ0) is 9.14. The maximum Gasteiger partial charge on any atom is 0.118 e. The lowest BCUT2D eigenvalue weighted by molar-refractivity contribution is -0.271. The minimum Gasteiger partial charge on any atom is -0.251 e. The van der Waals surface area contributed by atoms with Gasteiger partial charge in [-0.2, -0.15) is 0 Å². The molecule has 0 aromatic heterocycles. The van der Waals surface area contributed by atoms with E-state index in [1.165, 1.54) is 0 Å². The van der Waals surface area contributed by atoms with Crippen molar-refractivity contribution >= 4 is 0 Å². The molecule has 2 unspecified atom stereocenters. The van der Waals surface area contributed by atoms with Crippen LogP contribution < -0.4 is 0 Å². The highest BCUT2D eigenvalue weighted by Gasteiger charge is 2.23. The van der Waals surface area contributed by atoms with Gasteiger partial charge >= 0.3 is 0 Å². The van der Waals surface area contributed by atoms with E-state index in [4.69, 9.17) is 5.26 Å². The number of allylic oxidation sites excluding steroid dienone is 1. The van der Waals surface area contributed by atoms with Gasteiger partial charge < -0.3 is 0 Å². The number of hydrogen-bond acceptors (Lipinski definition) is 2. The van der Waals surface area contributed by atoms with Crippen LogP contribution in [0.4, 0.5) is 0 Å². The molecule has 0 bridgehead atoms. The van der Waals surface area contributed by atoms with Crippen LogP contribution in [0.3, 0.4) is 0 Å². The largest absolute Gasteiger partial charge is 0.251 e. The Kier molecular flexibility index (Phi) is 3.06. The summed E-state index contributed by atoms with van der Waals surface area (Å²) in [6, 6.07) is 0. The van der Waals surface area contributed by atoms with Crippen LogP contribution in [0.25, 0.3) is 0 Å². The summed E-state index contributed by atoms with van der Waals surface area (Å²) in [5.41, 5.74) is 0.856. The average molecular weight is 168 g/mol. The van der Waals surface area contributed by atoms with Gasteiger partial charge in [0, 0.05) is 0 Å². The lowest BCUT2D eigenvalue weighted by atomic mass is 9.84. The SMILES string of the molecule is C=C1C=CC(C(C)C)CC1OO. The quantitative estimate of drug-likeness (QED) is 0.507. The molecule has 0 radical (unpaired) electrons. The molecule has 0 spiro atoms. The highest BCUT2D eigenvalue weighted by Crippen LogP contribution is 2.28. The zero-order valence-corrected chi connectivity index (χ0v) is 7.66. The van der Waals surface area contributed by atoms with Crippen LogP contribution in [-0.2, 0) is 4.89 Å². The molecule has 1 rings (SSSR count). The molecule has 12 heavy (non-hydrogen) atoms. The Morgan fingerprint density at radius 3 is 2.83 bits per heavy atom. The van der Waals surface area contributed by atoms with Crippen LogP contribution >= 0.6 is 0 Å². The molecule has 1 aliphatic rings. The summed E-state index contributed by atoms with van der Waals surface area (Å²) in [7, 11) is 0. The Morgan fingerprint density at radius 1 is 1.67 bits per heavy atom. The number of rotatable bonds is 2. The third-order valence-electron chi connectivity index (χ3n) is 2.44. The van der Waals surface area contributed by atoms with E-state index in [1.807, 2.05) is 6.08 Å². The molecule has 68 valence electrons. The summed E-state index contributed by atoms with van der Waals surface area (Å²) < 4.78 is 0. The van der Waals surface area contributed by atoms with Gasteiger partial charge in [0.1, 0.15) is 6.10 Å². The molecule has 1 aliphatic carbocycles. The highest BCUT2D eigenvalue weighted by molar-refractivity contribution is 5.24. The molecule has 0 aromatic rings. The molecule has 0 aliphatic heterocycles. The molecule has 0 heterocycles. The first kappa shape index (κ1) is 9.49. The summed E-state index contributed by atoms with van der Waals surface area (Å²) in [4.78, 5) is 4.33. The monoisotopic (exact) mass is 168 g/mol. The van der Waals surface area contributed by atoms with E-state index >= 15 is 0 Å². The fraction of sp³-hybridized carbons (Fsp3) is 0.600. The van der Waals surface area contributed by atoms with Gasteiger partial charge in [0.2, 0.25) is 0 Å². The Bertz CT molecular complexity index is 194. The van der Waals surface area contributed by atoms with Crippen molar-refractivity contribution in [1.29, 1.82) is 0 Å². The minimum atomic E-state index is -0.206. The van der Waals surface area contributed by atoms with Gasteiger partial charge in [-0.3, -0.25) is 5.26 Å². The second-order valence-electron chi connectivity index (χ2n) is 3.67. The van der Waals surface area contributed by atoms with Gasteiger partial charge in [0.05, 0.1) is 0 Å². The normalized spacial score (nSPS) is 29.8. The van der Waals surface area contributed by atoms with Gasteiger partial charge in [-0.25, -0.2) is 4.89 Å². The summed E-state index contributed by atoms with van der Waals surface area (Å²) in [5, 5.41) is 8.57. The van der Waals surface area contributed by atoms with E-state index in [9.17, 15) is 0 Å². The van der Waals surface area contributed by atoms with Crippen LogP contribution in [-0.4, -0.2) is 11.4 Å². The van der Waals surface area contributed by atoms with E-state index in [1.54, 1.807) is 0 Å². The van der Waals surface area contributed by atoms with Gasteiger partial charge in [-0.1, -0.05) is 32.6 Å². The Morgan fingerprint density at radius 2 is 2.33 bits per heavy atom. The van der Waals surface area contributed by atoms with Crippen molar-refractivity contribution in [3.8, 4) is 0 Å². The predicted molar refractivity (Wildman–Crippen MR) is 48.7 cm³/mol. The lowest BCUT2D eigenvalue weighted by Gasteiger charge is -2.26. The molecule has 0 saturated heterocycles. The summed E-state index contributed by atoms with van der Waals surface area (Å²) >= 11 is 0. The van der Waals surface area contributed by atoms with Crippen molar-refractivity contribution in [2.45, 2.75) is 26.4 Å². The molecule has 0 amide bonds. The van der Waals surface area contributed by atoms with Crippen LogP contribution in [0, 0.1) is 11.8 Å². The second kappa shape index (κ2) is 3.87. The second-order valence-corrected chi connectivity index (χ2v) is 3.67. The van der Waals surface area contributed by atoms with Gasteiger partial charge in [-0.15, -0.1) is 0 Å². The highest BCUT2D eigenvalue weighted by atomic mass is 17.1. The fourth-order valence-corrected chi connectivity index (χ4v) is 1.44. The standard InChI is InChI=1S/C10H16O2/c1-7(2)9-5-4-8(3)10(6-9)12-11/h4-5,7,9-11H,3,6H2,1-2H3. The first-order valence-electron chi connectivity index (χ1n) is 4.32. The Hall–Kier alpha value is -0.600. The Labute approximate surface area is 73.5 Å². The van der Waals surface area contributed by atoms with Crippen molar-refractivity contribution in [3.63, 3.8) is 0 Å². The van der Waals surface area contributed by atoms with E-state index in [0.29, 0.717) is 11.8 Å². The molecular weight excluding hydrogens is 152 g/mol. The zero-order valence-electron chi connectivity index (χ0n) is 7.66. The summed E-state index contributed by atoms with van der Waals surface area (Å²) in [5.74, 6) is 1.08. The predicted octanol–water partition coefficient (Wildman–Crippen LogP) is 2.63. The van der Waals surface area contributed by atoms with Crippen LogP contribution in [0.2, 0.25) is 0 Å². The third kappa shape index (κ3) is 1.96. The van der Waals surface area contributed by atoms with Crippen molar-refractivity contribution in [2.24, 2.45) is 11.8 Å². The first-order chi connectivity index (χ1) is 5.65. The average Bonchev–Trinajstić information content (AvgIpc) is 2.05.